The minimum atomic E-state index is -0.264. The van der Waals surface area contributed by atoms with Gasteiger partial charge in [-0.15, -0.1) is 0 Å². The Labute approximate surface area is 68.4 Å². The van der Waals surface area contributed by atoms with E-state index in [0.29, 0.717) is 12.3 Å². The normalized spacial score (nSPS) is 10.8. The molecule has 2 heterocycles. The highest BCUT2D eigenvalue weighted by molar-refractivity contribution is 5.71. The molecule has 2 aromatic rings. The molecule has 2 aromatic heterocycles. The number of furan rings is 1. The first-order chi connectivity index (χ1) is 5.81. The van der Waals surface area contributed by atoms with Crippen LogP contribution in [0.3, 0.4) is 0 Å². The summed E-state index contributed by atoms with van der Waals surface area (Å²) in [5.41, 5.74) is 0.143. The van der Waals surface area contributed by atoms with Gasteiger partial charge < -0.3 is 4.42 Å². The van der Waals surface area contributed by atoms with Crippen molar-refractivity contribution < 1.29 is 4.42 Å². The minimum absolute atomic E-state index is 0.264. The van der Waals surface area contributed by atoms with Gasteiger partial charge in [-0.2, -0.15) is 4.98 Å². The van der Waals surface area contributed by atoms with Crippen LogP contribution in [0.25, 0.3) is 11.1 Å². The third-order valence-corrected chi connectivity index (χ3v) is 1.75. The number of hydrogen-bond acceptors (Lipinski definition) is 3. The molecular weight excluding hydrogens is 156 g/mol. The van der Waals surface area contributed by atoms with E-state index < -0.39 is 0 Å². The maximum Gasteiger partial charge on any atom is 0.350 e. The fourth-order valence-electron chi connectivity index (χ4n) is 1.10. The van der Waals surface area contributed by atoms with Gasteiger partial charge in [0.2, 0.25) is 5.71 Å². The Morgan fingerprint density at radius 1 is 1.67 bits per heavy atom. The lowest BCUT2D eigenvalue weighted by Gasteiger charge is -1.97. The second kappa shape index (κ2) is 2.48. The molecule has 0 saturated heterocycles. The number of fused-ring (bicyclic) bond motifs is 1. The van der Waals surface area contributed by atoms with Gasteiger partial charge in [0.05, 0.1) is 11.6 Å². The molecule has 4 heteroatoms. The van der Waals surface area contributed by atoms with Crippen molar-refractivity contribution in [1.29, 1.82) is 0 Å². The lowest BCUT2D eigenvalue weighted by Crippen LogP contribution is -2.20. The van der Waals surface area contributed by atoms with Gasteiger partial charge in [0.15, 0.2) is 0 Å². The summed E-state index contributed by atoms with van der Waals surface area (Å²) in [6, 6.07) is 1.79. The Hall–Kier alpha value is -1.58. The predicted molar refractivity (Wildman–Crippen MR) is 43.9 cm³/mol. The van der Waals surface area contributed by atoms with Crippen LogP contribution in [-0.4, -0.2) is 9.55 Å². The summed E-state index contributed by atoms with van der Waals surface area (Å²) in [5, 5.41) is 0.858. The summed E-state index contributed by atoms with van der Waals surface area (Å²) in [4.78, 5) is 14.9. The minimum Gasteiger partial charge on any atom is -0.446 e. The average molecular weight is 164 g/mol. The number of hydrogen-bond donors (Lipinski definition) is 0. The van der Waals surface area contributed by atoms with Gasteiger partial charge in [-0.05, 0) is 13.0 Å². The molecule has 0 atom stereocenters. The van der Waals surface area contributed by atoms with Crippen molar-refractivity contribution in [3.05, 3.63) is 29.0 Å². The standard InChI is InChI=1S/C8H8N2O2/c1-2-10-5-6-3-4-12-7(6)9-8(10)11/h3-5H,2H2,1H3. The van der Waals surface area contributed by atoms with Gasteiger partial charge in [-0.25, -0.2) is 4.79 Å². The highest BCUT2D eigenvalue weighted by Crippen LogP contribution is 2.08. The van der Waals surface area contributed by atoms with E-state index in [1.807, 2.05) is 6.92 Å². The molecule has 0 aliphatic carbocycles. The molecule has 0 aliphatic rings. The van der Waals surface area contributed by atoms with E-state index in [1.165, 1.54) is 10.8 Å². The third-order valence-electron chi connectivity index (χ3n) is 1.75. The molecule has 62 valence electrons. The van der Waals surface area contributed by atoms with Crippen LogP contribution in [0.2, 0.25) is 0 Å². The van der Waals surface area contributed by atoms with Gasteiger partial charge in [0, 0.05) is 12.7 Å². The summed E-state index contributed by atoms with van der Waals surface area (Å²) in [6.07, 6.45) is 3.27. The SMILES string of the molecule is CCn1cc2ccoc2nc1=O. The second-order valence-corrected chi connectivity index (χ2v) is 2.49. The number of aromatic nitrogens is 2. The van der Waals surface area contributed by atoms with Crippen LogP contribution < -0.4 is 5.69 Å². The first-order valence-electron chi connectivity index (χ1n) is 3.76. The Morgan fingerprint density at radius 3 is 3.25 bits per heavy atom. The summed E-state index contributed by atoms with van der Waals surface area (Å²) < 4.78 is 6.51. The maximum atomic E-state index is 11.2. The topological polar surface area (TPSA) is 48.0 Å². The van der Waals surface area contributed by atoms with E-state index in [4.69, 9.17) is 4.42 Å². The number of aryl methyl sites for hydroxylation is 1. The molecule has 0 spiro atoms. The average Bonchev–Trinajstić information content (AvgIpc) is 2.49. The molecule has 0 fully saturated rings. The van der Waals surface area contributed by atoms with E-state index in [-0.39, 0.29) is 5.69 Å². The van der Waals surface area contributed by atoms with Crippen LogP contribution in [0.4, 0.5) is 0 Å². The Kier molecular flexibility index (Phi) is 1.46. The van der Waals surface area contributed by atoms with Gasteiger partial charge in [-0.1, -0.05) is 0 Å². The summed E-state index contributed by atoms with van der Waals surface area (Å²) >= 11 is 0. The molecule has 0 bridgehead atoms. The fraction of sp³-hybridized carbons (Fsp3) is 0.250. The monoisotopic (exact) mass is 164 g/mol. The molecule has 0 unspecified atom stereocenters. The lowest BCUT2D eigenvalue weighted by molar-refractivity contribution is 0.593. The van der Waals surface area contributed by atoms with Crippen LogP contribution in [-0.2, 0) is 6.54 Å². The van der Waals surface area contributed by atoms with Crippen LogP contribution in [0.1, 0.15) is 6.92 Å². The van der Waals surface area contributed by atoms with Crippen LogP contribution in [0.5, 0.6) is 0 Å². The highest BCUT2D eigenvalue weighted by atomic mass is 16.3. The van der Waals surface area contributed by atoms with Gasteiger partial charge in [0.25, 0.3) is 0 Å². The zero-order chi connectivity index (χ0) is 8.55. The van der Waals surface area contributed by atoms with E-state index >= 15 is 0 Å². The molecule has 12 heavy (non-hydrogen) atoms. The van der Waals surface area contributed by atoms with Crippen molar-refractivity contribution in [1.82, 2.24) is 9.55 Å². The smallest absolute Gasteiger partial charge is 0.350 e. The van der Waals surface area contributed by atoms with Crippen LogP contribution >= 0.6 is 0 Å². The zero-order valence-corrected chi connectivity index (χ0v) is 6.65. The summed E-state index contributed by atoms with van der Waals surface area (Å²) in [5.74, 6) is 0. The first kappa shape index (κ1) is 7.09. The first-order valence-corrected chi connectivity index (χ1v) is 3.76. The molecule has 0 saturated carbocycles. The van der Waals surface area contributed by atoms with Crippen molar-refractivity contribution in [2.24, 2.45) is 0 Å². The molecule has 2 rings (SSSR count). The molecular formula is C8H8N2O2. The largest absolute Gasteiger partial charge is 0.446 e. The Morgan fingerprint density at radius 2 is 2.50 bits per heavy atom. The Balaban J connectivity index is 2.82. The van der Waals surface area contributed by atoms with Crippen LogP contribution in [0, 0.1) is 0 Å². The van der Waals surface area contributed by atoms with E-state index in [2.05, 4.69) is 4.98 Å². The van der Waals surface area contributed by atoms with Crippen molar-refractivity contribution in [2.45, 2.75) is 13.5 Å². The molecule has 0 N–H and O–H groups in total. The summed E-state index contributed by atoms with van der Waals surface area (Å²) in [7, 11) is 0. The van der Waals surface area contributed by atoms with Crippen molar-refractivity contribution in [2.75, 3.05) is 0 Å². The van der Waals surface area contributed by atoms with E-state index in [9.17, 15) is 4.79 Å². The fourth-order valence-corrected chi connectivity index (χ4v) is 1.10. The molecule has 0 aliphatic heterocycles. The zero-order valence-electron chi connectivity index (χ0n) is 6.65. The molecule has 4 nitrogen and oxygen atoms in total. The van der Waals surface area contributed by atoms with E-state index in [0.717, 1.165) is 5.39 Å². The maximum absolute atomic E-state index is 11.2. The van der Waals surface area contributed by atoms with E-state index in [1.54, 1.807) is 12.3 Å². The van der Waals surface area contributed by atoms with Crippen molar-refractivity contribution >= 4 is 11.1 Å². The third kappa shape index (κ3) is 0.922. The second-order valence-electron chi connectivity index (χ2n) is 2.49. The quantitative estimate of drug-likeness (QED) is 0.632. The van der Waals surface area contributed by atoms with Crippen molar-refractivity contribution in [3.63, 3.8) is 0 Å². The van der Waals surface area contributed by atoms with Gasteiger partial charge >= 0.3 is 5.69 Å². The Bertz CT molecular complexity index is 455. The molecule has 0 amide bonds. The lowest BCUT2D eigenvalue weighted by atomic mass is 10.4. The van der Waals surface area contributed by atoms with Gasteiger partial charge in [-0.3, -0.25) is 4.57 Å². The van der Waals surface area contributed by atoms with Crippen molar-refractivity contribution in [3.8, 4) is 0 Å². The highest BCUT2D eigenvalue weighted by Gasteiger charge is 2.01. The number of nitrogens with zero attached hydrogens (tertiary/aromatic N) is 2. The number of rotatable bonds is 1. The molecule has 0 radical (unpaired) electrons. The predicted octanol–water partition coefficient (Wildman–Crippen LogP) is 1.01. The molecule has 0 aromatic carbocycles. The summed E-state index contributed by atoms with van der Waals surface area (Å²) in [6.45, 7) is 2.53. The van der Waals surface area contributed by atoms with Crippen LogP contribution in [0.15, 0.2) is 27.7 Å². The van der Waals surface area contributed by atoms with Gasteiger partial charge in [0.1, 0.15) is 0 Å².